The van der Waals surface area contributed by atoms with Crippen molar-refractivity contribution in [1.82, 2.24) is 0 Å². The fraction of sp³-hybridized carbons (Fsp3) is 0.462. The number of carbonyl (C=O) groups excluding carboxylic acids is 1. The summed E-state index contributed by atoms with van der Waals surface area (Å²) in [6, 6.07) is 5.79. The highest BCUT2D eigenvalue weighted by molar-refractivity contribution is 9.11. The van der Waals surface area contributed by atoms with E-state index in [2.05, 4.69) is 31.9 Å². The Morgan fingerprint density at radius 2 is 2.18 bits per heavy atom. The van der Waals surface area contributed by atoms with E-state index < -0.39 is 0 Å². The van der Waals surface area contributed by atoms with Gasteiger partial charge in [0.05, 0.1) is 9.89 Å². The smallest absolute Gasteiger partial charge is 0.146 e. The van der Waals surface area contributed by atoms with Gasteiger partial charge in [0.2, 0.25) is 0 Å². The number of carbonyl (C=O) groups is 1. The van der Waals surface area contributed by atoms with Crippen molar-refractivity contribution in [2.45, 2.75) is 32.8 Å². The summed E-state index contributed by atoms with van der Waals surface area (Å²) in [5, 5.41) is 0. The van der Waals surface area contributed by atoms with Crippen LogP contribution in [0.5, 0.6) is 5.75 Å². The van der Waals surface area contributed by atoms with E-state index in [1.165, 1.54) is 0 Å². The molecule has 1 aromatic carbocycles. The lowest BCUT2D eigenvalue weighted by Gasteiger charge is -2.44. The predicted molar refractivity (Wildman–Crippen MR) is 74.3 cm³/mol. The average Bonchev–Trinajstić information content (AvgIpc) is 2.30. The molecule has 1 saturated carbocycles. The van der Waals surface area contributed by atoms with Crippen molar-refractivity contribution in [2.75, 3.05) is 0 Å². The fourth-order valence-electron chi connectivity index (χ4n) is 2.00. The third-order valence-corrected chi connectivity index (χ3v) is 4.73. The molecule has 0 N–H and O–H groups in total. The number of rotatable bonds is 3. The first kappa shape index (κ1) is 13.1. The third-order valence-electron chi connectivity index (χ3n) is 3.62. The molecule has 0 saturated heterocycles. The van der Waals surface area contributed by atoms with Gasteiger partial charge in [-0.1, -0.05) is 22.9 Å². The lowest BCUT2D eigenvalue weighted by Crippen LogP contribution is -2.54. The van der Waals surface area contributed by atoms with E-state index in [-0.39, 0.29) is 11.5 Å². The predicted octanol–water partition coefficient (Wildman–Crippen LogP) is 4.35. The van der Waals surface area contributed by atoms with Gasteiger partial charge in [0.1, 0.15) is 17.6 Å². The van der Waals surface area contributed by atoms with Crippen LogP contribution >= 0.6 is 31.9 Å². The number of hydrogen-bond donors (Lipinski definition) is 0. The monoisotopic (exact) mass is 360 g/mol. The van der Waals surface area contributed by atoms with Crippen LogP contribution in [0.4, 0.5) is 0 Å². The highest BCUT2D eigenvalue weighted by Gasteiger charge is 2.51. The van der Waals surface area contributed by atoms with E-state index in [1.54, 1.807) is 0 Å². The quantitative estimate of drug-likeness (QED) is 0.800. The number of ketones is 1. The zero-order chi connectivity index (χ0) is 12.6. The molecule has 0 bridgehead atoms. The topological polar surface area (TPSA) is 26.3 Å². The fourth-order valence-corrected chi connectivity index (χ4v) is 3.14. The largest absolute Gasteiger partial charge is 0.488 e. The highest BCUT2D eigenvalue weighted by Crippen LogP contribution is 2.43. The standard InChI is InChI=1S/C13H14Br2O2/c1-3-13(2)11(16)7-12(13)17-10-5-4-8(14)6-9(10)15/h4-6,12H,3,7H2,1-2H3. The van der Waals surface area contributed by atoms with Crippen molar-refractivity contribution in [3.63, 3.8) is 0 Å². The molecule has 0 heterocycles. The van der Waals surface area contributed by atoms with Crippen LogP contribution < -0.4 is 4.74 Å². The summed E-state index contributed by atoms with van der Waals surface area (Å²) in [6.45, 7) is 4.01. The molecule has 1 fully saturated rings. The average molecular weight is 362 g/mol. The van der Waals surface area contributed by atoms with Crippen molar-refractivity contribution >= 4 is 37.6 Å². The Hall–Kier alpha value is -0.350. The highest BCUT2D eigenvalue weighted by atomic mass is 79.9. The van der Waals surface area contributed by atoms with Crippen LogP contribution in [0.15, 0.2) is 27.1 Å². The molecule has 2 unspecified atom stereocenters. The van der Waals surface area contributed by atoms with Crippen molar-refractivity contribution < 1.29 is 9.53 Å². The maximum atomic E-state index is 11.6. The summed E-state index contributed by atoms with van der Waals surface area (Å²) in [5.41, 5.74) is -0.313. The zero-order valence-electron chi connectivity index (χ0n) is 9.80. The number of Topliss-reactive ketones (excluding diaryl/α,β-unsaturated/α-hetero) is 1. The van der Waals surface area contributed by atoms with Crippen molar-refractivity contribution in [1.29, 1.82) is 0 Å². The van der Waals surface area contributed by atoms with E-state index in [9.17, 15) is 4.79 Å². The van der Waals surface area contributed by atoms with Gasteiger partial charge in [0.25, 0.3) is 0 Å². The molecule has 0 spiro atoms. The van der Waals surface area contributed by atoms with Gasteiger partial charge in [-0.15, -0.1) is 0 Å². The van der Waals surface area contributed by atoms with Gasteiger partial charge in [-0.2, -0.15) is 0 Å². The van der Waals surface area contributed by atoms with Gasteiger partial charge in [0.15, 0.2) is 0 Å². The van der Waals surface area contributed by atoms with E-state index in [1.807, 2.05) is 32.0 Å². The second-order valence-electron chi connectivity index (χ2n) is 4.58. The molecule has 2 nitrogen and oxygen atoms in total. The molecule has 0 aromatic heterocycles. The zero-order valence-corrected chi connectivity index (χ0v) is 13.0. The van der Waals surface area contributed by atoms with Crippen LogP contribution in [0.3, 0.4) is 0 Å². The second kappa shape index (κ2) is 4.73. The molecule has 0 amide bonds. The summed E-state index contributed by atoms with van der Waals surface area (Å²) in [6.07, 6.45) is 1.34. The molecule has 17 heavy (non-hydrogen) atoms. The van der Waals surface area contributed by atoms with Crippen molar-refractivity contribution in [2.24, 2.45) is 5.41 Å². The number of hydrogen-bond acceptors (Lipinski definition) is 2. The van der Waals surface area contributed by atoms with Crippen molar-refractivity contribution in [3.8, 4) is 5.75 Å². The van der Waals surface area contributed by atoms with Gasteiger partial charge in [-0.3, -0.25) is 4.79 Å². The summed E-state index contributed by atoms with van der Waals surface area (Å²) in [4.78, 5) is 11.6. The molecule has 1 aliphatic carbocycles. The van der Waals surface area contributed by atoms with Crippen LogP contribution in [-0.2, 0) is 4.79 Å². The van der Waals surface area contributed by atoms with E-state index in [0.29, 0.717) is 12.2 Å². The second-order valence-corrected chi connectivity index (χ2v) is 6.35. The Morgan fingerprint density at radius 3 is 2.71 bits per heavy atom. The lowest BCUT2D eigenvalue weighted by molar-refractivity contribution is -0.150. The normalized spacial score (nSPS) is 27.8. The molecule has 2 atom stereocenters. The molecule has 0 radical (unpaired) electrons. The van der Waals surface area contributed by atoms with E-state index in [4.69, 9.17) is 4.74 Å². The summed E-state index contributed by atoms with van der Waals surface area (Å²) >= 11 is 6.86. The van der Waals surface area contributed by atoms with Crippen LogP contribution in [0.2, 0.25) is 0 Å². The Morgan fingerprint density at radius 1 is 1.47 bits per heavy atom. The maximum absolute atomic E-state index is 11.6. The Kier molecular flexibility index (Phi) is 3.64. The first-order valence-corrected chi connectivity index (χ1v) is 7.21. The summed E-state index contributed by atoms with van der Waals surface area (Å²) in [7, 11) is 0. The Bertz CT molecular complexity index is 459. The third kappa shape index (κ3) is 2.29. The van der Waals surface area contributed by atoms with Gasteiger partial charge < -0.3 is 4.74 Å². The SMILES string of the molecule is CCC1(C)C(=O)CC1Oc1ccc(Br)cc1Br. The minimum atomic E-state index is -0.313. The van der Waals surface area contributed by atoms with Crippen LogP contribution in [0.1, 0.15) is 26.7 Å². The molecule has 92 valence electrons. The molecule has 4 heteroatoms. The molecule has 1 aromatic rings. The summed E-state index contributed by atoms with van der Waals surface area (Å²) < 4.78 is 7.83. The molecule has 1 aliphatic rings. The minimum Gasteiger partial charge on any atom is -0.488 e. The van der Waals surface area contributed by atoms with Gasteiger partial charge in [0, 0.05) is 10.9 Å². The Balaban J connectivity index is 2.15. The van der Waals surface area contributed by atoms with Crippen molar-refractivity contribution in [3.05, 3.63) is 27.1 Å². The lowest BCUT2D eigenvalue weighted by atomic mass is 9.64. The molecule has 0 aliphatic heterocycles. The first-order valence-electron chi connectivity index (χ1n) is 5.62. The first-order chi connectivity index (χ1) is 7.97. The van der Waals surface area contributed by atoms with Gasteiger partial charge in [-0.25, -0.2) is 0 Å². The van der Waals surface area contributed by atoms with Crippen LogP contribution in [0.25, 0.3) is 0 Å². The van der Waals surface area contributed by atoms with Crippen LogP contribution in [0, 0.1) is 5.41 Å². The number of halogens is 2. The van der Waals surface area contributed by atoms with Crippen LogP contribution in [-0.4, -0.2) is 11.9 Å². The van der Waals surface area contributed by atoms with E-state index >= 15 is 0 Å². The molecule has 2 rings (SSSR count). The molecular weight excluding hydrogens is 348 g/mol. The summed E-state index contributed by atoms with van der Waals surface area (Å²) in [5.74, 6) is 1.10. The molecular formula is C13H14Br2O2. The number of benzene rings is 1. The maximum Gasteiger partial charge on any atom is 0.146 e. The Labute approximate surface area is 118 Å². The van der Waals surface area contributed by atoms with Gasteiger partial charge in [-0.05, 0) is 47.5 Å². The van der Waals surface area contributed by atoms with E-state index in [0.717, 1.165) is 21.1 Å². The minimum absolute atomic E-state index is 0.00234. The van der Waals surface area contributed by atoms with Gasteiger partial charge >= 0.3 is 0 Å². The number of ether oxygens (including phenoxy) is 1.